The molecule has 1 N–H and O–H groups in total. The summed E-state index contributed by atoms with van der Waals surface area (Å²) in [6.07, 6.45) is 3.53. The third-order valence-corrected chi connectivity index (χ3v) is 5.92. The lowest BCUT2D eigenvalue weighted by atomic mass is 9.89. The smallest absolute Gasteiger partial charge is 0.407 e. The number of halogens is 1. The predicted molar refractivity (Wildman–Crippen MR) is 132 cm³/mol. The number of hydrogen-bond acceptors (Lipinski definition) is 7. The van der Waals surface area contributed by atoms with Gasteiger partial charge in [0.2, 0.25) is 11.9 Å². The van der Waals surface area contributed by atoms with E-state index in [-0.39, 0.29) is 36.5 Å². The van der Waals surface area contributed by atoms with Crippen molar-refractivity contribution in [2.75, 3.05) is 36.1 Å². The van der Waals surface area contributed by atoms with E-state index in [9.17, 15) is 9.59 Å². The monoisotopic (exact) mass is 489 g/mol. The molecule has 9 nitrogen and oxygen atoms in total. The number of nitrogens with one attached hydrogen (secondary N) is 1. The molecule has 2 atom stereocenters. The minimum atomic E-state index is -0.465. The number of alkyl carbamates (subject to hydrolysis) is 1. The number of morpholine rings is 1. The van der Waals surface area contributed by atoms with E-state index in [0.717, 1.165) is 35.5 Å². The second-order valence-electron chi connectivity index (χ2n) is 8.77. The van der Waals surface area contributed by atoms with Crippen LogP contribution in [0.1, 0.15) is 45.7 Å². The van der Waals surface area contributed by atoms with Crippen molar-refractivity contribution in [3.05, 3.63) is 36.2 Å². The fourth-order valence-electron chi connectivity index (χ4n) is 4.45. The van der Waals surface area contributed by atoms with Crippen molar-refractivity contribution in [3.8, 4) is 11.1 Å². The van der Waals surface area contributed by atoms with Crippen molar-refractivity contribution in [1.82, 2.24) is 15.3 Å². The molecule has 2 aromatic rings. The SMILES string of the molecule is CC(=O)N1c2ccc(-c3cnc(N4CCOCC4)nc3)cc2[C@@H](NC(=O)OC(C)C)C[C@H]1C.Cl. The van der Waals surface area contributed by atoms with Crippen LogP contribution in [0, 0.1) is 0 Å². The second-order valence-corrected chi connectivity index (χ2v) is 8.77. The van der Waals surface area contributed by atoms with Crippen molar-refractivity contribution < 1.29 is 19.1 Å². The highest BCUT2D eigenvalue weighted by atomic mass is 35.5. The molecule has 0 bridgehead atoms. The van der Waals surface area contributed by atoms with Crippen LogP contribution in [0.15, 0.2) is 30.6 Å². The first-order chi connectivity index (χ1) is 15.8. The molecular weight excluding hydrogens is 458 g/mol. The first-order valence-electron chi connectivity index (χ1n) is 11.4. The van der Waals surface area contributed by atoms with Crippen LogP contribution in [0.4, 0.5) is 16.4 Å². The van der Waals surface area contributed by atoms with Crippen LogP contribution < -0.4 is 15.1 Å². The van der Waals surface area contributed by atoms with Crippen LogP contribution >= 0.6 is 12.4 Å². The number of amides is 2. The standard InChI is InChI=1S/C24H31N5O4.ClH/c1-15(2)33-24(31)27-21-11-16(3)29(17(4)30)22-6-5-18(12-20(21)22)19-13-25-23(26-14-19)28-7-9-32-10-8-28;/h5-6,12-16,21H,7-11H2,1-4H3,(H,27,31);1H/t16-,21+;/m1./s1. The molecule has 0 aliphatic carbocycles. The summed E-state index contributed by atoms with van der Waals surface area (Å²) in [5.41, 5.74) is 3.46. The zero-order valence-corrected chi connectivity index (χ0v) is 20.8. The number of aromatic nitrogens is 2. The summed E-state index contributed by atoms with van der Waals surface area (Å²) in [7, 11) is 0. The number of benzene rings is 1. The maximum Gasteiger partial charge on any atom is 0.407 e. The van der Waals surface area contributed by atoms with E-state index >= 15 is 0 Å². The average Bonchev–Trinajstić information content (AvgIpc) is 2.79. The zero-order chi connectivity index (χ0) is 23.5. The first-order valence-corrected chi connectivity index (χ1v) is 11.4. The van der Waals surface area contributed by atoms with E-state index in [0.29, 0.717) is 25.6 Å². The molecule has 2 amide bonds. The summed E-state index contributed by atoms with van der Waals surface area (Å²) in [5, 5.41) is 2.98. The lowest BCUT2D eigenvalue weighted by molar-refractivity contribution is -0.117. The molecule has 1 aromatic carbocycles. The molecule has 0 radical (unpaired) electrons. The highest BCUT2D eigenvalue weighted by molar-refractivity contribution is 5.94. The van der Waals surface area contributed by atoms with Gasteiger partial charge in [-0.15, -0.1) is 12.4 Å². The molecule has 1 saturated heterocycles. The molecule has 0 spiro atoms. The van der Waals surface area contributed by atoms with Gasteiger partial charge in [-0.1, -0.05) is 6.07 Å². The fourth-order valence-corrected chi connectivity index (χ4v) is 4.45. The molecular formula is C24H32ClN5O4. The quantitative estimate of drug-likeness (QED) is 0.698. The molecule has 0 unspecified atom stereocenters. The Bertz CT molecular complexity index is 1010. The fraction of sp³-hybridized carbons (Fsp3) is 0.500. The summed E-state index contributed by atoms with van der Waals surface area (Å²) < 4.78 is 10.7. The molecule has 4 rings (SSSR count). The summed E-state index contributed by atoms with van der Waals surface area (Å²) in [5.74, 6) is 0.658. The Morgan fingerprint density at radius 2 is 1.82 bits per heavy atom. The Kier molecular flexibility index (Phi) is 8.33. The van der Waals surface area contributed by atoms with Crippen LogP contribution in [0.25, 0.3) is 11.1 Å². The largest absolute Gasteiger partial charge is 0.447 e. The van der Waals surface area contributed by atoms with Crippen LogP contribution in [0.5, 0.6) is 0 Å². The van der Waals surface area contributed by atoms with Crippen molar-refractivity contribution in [1.29, 1.82) is 0 Å². The summed E-state index contributed by atoms with van der Waals surface area (Å²) in [4.78, 5) is 37.7. The molecule has 184 valence electrons. The van der Waals surface area contributed by atoms with Gasteiger partial charge in [-0.25, -0.2) is 14.8 Å². The Hall–Kier alpha value is -2.91. The highest BCUT2D eigenvalue weighted by Crippen LogP contribution is 2.39. The van der Waals surface area contributed by atoms with Crippen LogP contribution in [0.3, 0.4) is 0 Å². The lowest BCUT2D eigenvalue weighted by Crippen LogP contribution is -2.45. The van der Waals surface area contributed by atoms with Gasteiger partial charge in [-0.05, 0) is 50.5 Å². The van der Waals surface area contributed by atoms with Gasteiger partial charge in [0.15, 0.2) is 0 Å². The zero-order valence-electron chi connectivity index (χ0n) is 20.0. The number of fused-ring (bicyclic) bond motifs is 1. The molecule has 0 saturated carbocycles. The predicted octanol–water partition coefficient (Wildman–Crippen LogP) is 3.72. The third-order valence-electron chi connectivity index (χ3n) is 5.92. The number of anilines is 2. The number of hydrogen-bond donors (Lipinski definition) is 1. The summed E-state index contributed by atoms with van der Waals surface area (Å²) in [6.45, 7) is 10.1. The molecule has 1 aromatic heterocycles. The van der Waals surface area contributed by atoms with Gasteiger partial charge in [0, 0.05) is 49.7 Å². The highest BCUT2D eigenvalue weighted by Gasteiger charge is 2.34. The second kappa shape index (κ2) is 11.0. The maximum absolute atomic E-state index is 12.4. The minimum absolute atomic E-state index is 0. The Balaban J connectivity index is 0.00000324. The molecule has 2 aliphatic rings. The summed E-state index contributed by atoms with van der Waals surface area (Å²) >= 11 is 0. The molecule has 34 heavy (non-hydrogen) atoms. The molecule has 3 heterocycles. The van der Waals surface area contributed by atoms with Crippen LogP contribution in [-0.4, -0.2) is 60.4 Å². The van der Waals surface area contributed by atoms with Crippen molar-refractivity contribution >= 4 is 36.0 Å². The minimum Gasteiger partial charge on any atom is -0.447 e. The average molecular weight is 490 g/mol. The topological polar surface area (TPSA) is 96.9 Å². The number of rotatable bonds is 4. The van der Waals surface area contributed by atoms with Gasteiger partial charge >= 0.3 is 6.09 Å². The first kappa shape index (κ1) is 25.7. The van der Waals surface area contributed by atoms with E-state index in [1.54, 1.807) is 11.8 Å². The summed E-state index contributed by atoms with van der Waals surface area (Å²) in [6, 6.07) is 5.57. The van der Waals surface area contributed by atoms with E-state index in [1.807, 2.05) is 51.4 Å². The Morgan fingerprint density at radius 1 is 1.15 bits per heavy atom. The van der Waals surface area contributed by atoms with Gasteiger partial charge in [0.1, 0.15) is 0 Å². The number of carbonyl (C=O) groups excluding carboxylic acids is 2. The Labute approximate surface area is 206 Å². The Morgan fingerprint density at radius 3 is 2.44 bits per heavy atom. The lowest BCUT2D eigenvalue weighted by Gasteiger charge is -2.39. The van der Waals surface area contributed by atoms with Crippen molar-refractivity contribution in [2.24, 2.45) is 0 Å². The number of nitrogens with zero attached hydrogens (tertiary/aromatic N) is 4. The number of ether oxygens (including phenoxy) is 2. The normalized spacial score (nSPS) is 19.8. The molecule has 10 heteroatoms. The van der Waals surface area contributed by atoms with Crippen molar-refractivity contribution in [3.63, 3.8) is 0 Å². The van der Waals surface area contributed by atoms with Crippen LogP contribution in [0.2, 0.25) is 0 Å². The van der Waals surface area contributed by atoms with Gasteiger partial charge in [0.25, 0.3) is 0 Å². The third kappa shape index (κ3) is 5.59. The van der Waals surface area contributed by atoms with Crippen molar-refractivity contribution in [2.45, 2.75) is 52.3 Å². The van der Waals surface area contributed by atoms with Crippen LogP contribution in [-0.2, 0) is 14.3 Å². The van der Waals surface area contributed by atoms with E-state index in [1.165, 1.54) is 0 Å². The van der Waals surface area contributed by atoms with Gasteiger partial charge < -0.3 is 24.6 Å². The van der Waals surface area contributed by atoms with Gasteiger partial charge in [0.05, 0.1) is 25.4 Å². The maximum atomic E-state index is 12.4. The van der Waals surface area contributed by atoms with Gasteiger partial charge in [-0.2, -0.15) is 0 Å². The van der Waals surface area contributed by atoms with E-state index in [4.69, 9.17) is 9.47 Å². The molecule has 2 aliphatic heterocycles. The molecule has 1 fully saturated rings. The van der Waals surface area contributed by atoms with E-state index < -0.39 is 6.09 Å². The number of carbonyl (C=O) groups is 2. The van der Waals surface area contributed by atoms with E-state index in [2.05, 4.69) is 20.2 Å². The van der Waals surface area contributed by atoms with Gasteiger partial charge in [-0.3, -0.25) is 4.79 Å².